The topological polar surface area (TPSA) is 26.3 Å². The van der Waals surface area contributed by atoms with Crippen LogP contribution in [0.15, 0.2) is 72.9 Å². The number of ether oxygens (including phenoxy) is 1. The highest BCUT2D eigenvalue weighted by molar-refractivity contribution is 5.69. The minimum atomic E-state index is -2.64. The highest BCUT2D eigenvalue weighted by Gasteiger charge is 1.94. The van der Waals surface area contributed by atoms with Crippen LogP contribution in [0, 0.1) is 0 Å². The van der Waals surface area contributed by atoms with Crippen LogP contribution in [0.1, 0.15) is 65.0 Å². The number of allylic oxidation sites excluding steroid dienone is 12. The van der Waals surface area contributed by atoms with Crippen molar-refractivity contribution in [3.05, 3.63) is 72.9 Å². The molecule has 0 amide bonds. The van der Waals surface area contributed by atoms with Gasteiger partial charge in [0.2, 0.25) is 0 Å². The standard InChI is InChI=1S/C23H34O2/c1-3-4-5-6-7-8-9-10-11-12-13-14-15-16-17-18-19-20-21-22-23(24)25-2/h4-5,7-8,10-11,13-14,16-17,19-20H,3,6,9,12,15,18,21-22H2,1-2H3/b5-4+,8-7+,11-10+,14-13+,17-16+,20-19+/i1D3,3D2. The molecule has 0 saturated carbocycles. The van der Waals surface area contributed by atoms with Crippen molar-refractivity contribution in [3.8, 4) is 0 Å². The van der Waals surface area contributed by atoms with Crippen molar-refractivity contribution >= 4 is 5.97 Å². The summed E-state index contributed by atoms with van der Waals surface area (Å²) < 4.78 is 40.8. The monoisotopic (exact) mass is 347 g/mol. The number of carbonyl (C=O) groups is 1. The summed E-state index contributed by atoms with van der Waals surface area (Å²) in [5.41, 5.74) is 0. The van der Waals surface area contributed by atoms with Crippen LogP contribution < -0.4 is 0 Å². The molecule has 0 aliphatic carbocycles. The minimum absolute atomic E-state index is 0.184. The fourth-order valence-electron chi connectivity index (χ4n) is 1.81. The molecule has 0 rings (SSSR count). The second-order valence-corrected chi connectivity index (χ2v) is 5.20. The molecule has 0 radical (unpaired) electrons. The molecule has 0 aliphatic rings. The Morgan fingerprint density at radius 2 is 1.16 bits per heavy atom. The van der Waals surface area contributed by atoms with E-state index in [-0.39, 0.29) is 5.97 Å². The molecular weight excluding hydrogens is 308 g/mol. The van der Waals surface area contributed by atoms with Gasteiger partial charge in [0, 0.05) is 13.3 Å². The first-order valence-electron chi connectivity index (χ1n) is 11.2. The predicted octanol–water partition coefficient (Wildman–Crippen LogP) is 6.64. The van der Waals surface area contributed by atoms with Crippen molar-refractivity contribution in [1.82, 2.24) is 0 Å². The second kappa shape index (κ2) is 20.0. The minimum Gasteiger partial charge on any atom is -0.469 e. The molecule has 25 heavy (non-hydrogen) atoms. The third kappa shape index (κ3) is 19.9. The van der Waals surface area contributed by atoms with Crippen LogP contribution in [-0.2, 0) is 9.53 Å². The van der Waals surface area contributed by atoms with Crippen molar-refractivity contribution in [3.63, 3.8) is 0 Å². The van der Waals surface area contributed by atoms with E-state index in [0.29, 0.717) is 19.3 Å². The molecule has 0 fully saturated rings. The molecule has 2 heteroatoms. The molecule has 0 aliphatic heterocycles. The summed E-state index contributed by atoms with van der Waals surface area (Å²) in [6, 6.07) is 0. The highest BCUT2D eigenvalue weighted by Crippen LogP contribution is 1.98. The van der Waals surface area contributed by atoms with Crippen molar-refractivity contribution < 1.29 is 16.4 Å². The summed E-state index contributed by atoms with van der Waals surface area (Å²) in [5, 5.41) is 0. The molecule has 0 atom stereocenters. The summed E-state index contributed by atoms with van der Waals surface area (Å²) in [6.07, 6.45) is 25.9. The normalized spacial score (nSPS) is 16.9. The van der Waals surface area contributed by atoms with Gasteiger partial charge in [-0.3, -0.25) is 4.79 Å². The predicted molar refractivity (Wildman–Crippen MR) is 109 cm³/mol. The number of methoxy groups -OCH3 is 1. The molecule has 0 spiro atoms. The molecule has 0 aromatic heterocycles. The molecule has 0 N–H and O–H groups in total. The maximum atomic E-state index is 10.9. The summed E-state index contributed by atoms with van der Waals surface area (Å²) in [7, 11) is 1.40. The van der Waals surface area contributed by atoms with Gasteiger partial charge in [0.25, 0.3) is 0 Å². The van der Waals surface area contributed by atoms with E-state index in [9.17, 15) is 4.79 Å². The lowest BCUT2D eigenvalue weighted by atomic mass is 10.2. The van der Waals surface area contributed by atoms with Gasteiger partial charge in [0.1, 0.15) is 0 Å². The molecule has 0 aromatic rings. The largest absolute Gasteiger partial charge is 0.469 e. The Morgan fingerprint density at radius 3 is 1.56 bits per heavy atom. The maximum Gasteiger partial charge on any atom is 0.305 e. The number of hydrogen-bond acceptors (Lipinski definition) is 2. The average Bonchev–Trinajstić information content (AvgIpc) is 2.68. The van der Waals surface area contributed by atoms with Gasteiger partial charge >= 0.3 is 5.97 Å². The van der Waals surface area contributed by atoms with Crippen molar-refractivity contribution in [2.45, 2.75) is 58.2 Å². The van der Waals surface area contributed by atoms with Crippen molar-refractivity contribution in [2.75, 3.05) is 7.11 Å². The average molecular weight is 348 g/mol. The van der Waals surface area contributed by atoms with E-state index in [1.54, 1.807) is 6.08 Å². The van der Waals surface area contributed by atoms with E-state index in [0.717, 1.165) is 31.8 Å². The van der Waals surface area contributed by atoms with Gasteiger partial charge in [-0.25, -0.2) is 0 Å². The van der Waals surface area contributed by atoms with Gasteiger partial charge in [0.05, 0.1) is 7.11 Å². The van der Waals surface area contributed by atoms with Crippen molar-refractivity contribution in [2.24, 2.45) is 0 Å². The van der Waals surface area contributed by atoms with E-state index in [1.807, 2.05) is 24.3 Å². The maximum absolute atomic E-state index is 10.9. The molecule has 0 saturated heterocycles. The van der Waals surface area contributed by atoms with E-state index in [2.05, 4.69) is 41.2 Å². The quantitative estimate of drug-likeness (QED) is 0.260. The van der Waals surface area contributed by atoms with Crippen LogP contribution in [0.5, 0.6) is 0 Å². The van der Waals surface area contributed by atoms with E-state index < -0.39 is 13.2 Å². The van der Waals surface area contributed by atoms with Gasteiger partial charge in [-0.05, 0) is 44.9 Å². The Kier molecular flexibility index (Phi) is 12.1. The van der Waals surface area contributed by atoms with E-state index >= 15 is 0 Å². The van der Waals surface area contributed by atoms with Gasteiger partial charge < -0.3 is 4.74 Å². The fraction of sp³-hybridized carbons (Fsp3) is 0.435. The first-order valence-corrected chi connectivity index (χ1v) is 8.70. The first kappa shape index (κ1) is 15.2. The zero-order chi connectivity index (χ0) is 22.7. The summed E-state index contributed by atoms with van der Waals surface area (Å²) >= 11 is 0. The smallest absolute Gasteiger partial charge is 0.305 e. The zero-order valence-corrected chi connectivity index (χ0v) is 15.2. The van der Waals surface area contributed by atoms with Crippen LogP contribution in [0.2, 0.25) is 0 Å². The Hall–Kier alpha value is -2.09. The Balaban J connectivity index is 3.77. The van der Waals surface area contributed by atoms with Crippen LogP contribution in [0.25, 0.3) is 0 Å². The molecule has 0 unspecified atom stereocenters. The lowest BCUT2D eigenvalue weighted by molar-refractivity contribution is -0.140. The lowest BCUT2D eigenvalue weighted by Crippen LogP contribution is -1.97. The molecule has 138 valence electrons. The van der Waals surface area contributed by atoms with Gasteiger partial charge in [-0.2, -0.15) is 0 Å². The van der Waals surface area contributed by atoms with Gasteiger partial charge in [-0.1, -0.05) is 79.8 Å². The van der Waals surface area contributed by atoms with Crippen LogP contribution in [0.3, 0.4) is 0 Å². The first-order chi connectivity index (χ1) is 14.2. The van der Waals surface area contributed by atoms with E-state index in [1.165, 1.54) is 7.11 Å². The lowest BCUT2D eigenvalue weighted by Gasteiger charge is -1.93. The van der Waals surface area contributed by atoms with E-state index in [4.69, 9.17) is 6.85 Å². The summed E-state index contributed by atoms with van der Waals surface area (Å²) in [5.74, 6) is -0.184. The Bertz CT molecular complexity index is 638. The zero-order valence-electron chi connectivity index (χ0n) is 20.2. The number of carbonyl (C=O) groups excluding carboxylic acids is 1. The molecule has 0 heterocycles. The fourth-order valence-corrected chi connectivity index (χ4v) is 1.81. The summed E-state index contributed by atoms with van der Waals surface area (Å²) in [4.78, 5) is 10.9. The Labute approximate surface area is 161 Å². The van der Waals surface area contributed by atoms with Gasteiger partial charge in [-0.15, -0.1) is 0 Å². The van der Waals surface area contributed by atoms with Crippen LogP contribution in [-0.4, -0.2) is 13.1 Å². The van der Waals surface area contributed by atoms with Crippen molar-refractivity contribution in [1.29, 1.82) is 0 Å². The Morgan fingerprint density at radius 1 is 0.760 bits per heavy atom. The third-order valence-electron chi connectivity index (χ3n) is 3.14. The SMILES string of the molecule is [2H]C([2H])([2H])C([2H])([2H])/C=C/C/C=C/C/C=C/C/C=C/C/C=C/C/C=C/CCC(=O)OC. The molecule has 0 bridgehead atoms. The van der Waals surface area contributed by atoms with Crippen LogP contribution >= 0.6 is 0 Å². The number of rotatable bonds is 14. The second-order valence-electron chi connectivity index (χ2n) is 5.20. The van der Waals surface area contributed by atoms with Crippen LogP contribution in [0.4, 0.5) is 0 Å². The molecule has 2 nitrogen and oxygen atoms in total. The number of esters is 1. The number of hydrogen-bond donors (Lipinski definition) is 0. The molecule has 0 aromatic carbocycles. The summed E-state index contributed by atoms with van der Waals surface area (Å²) in [6.45, 7) is -2.64. The molecular formula is C23H34O2. The highest BCUT2D eigenvalue weighted by atomic mass is 16.5. The third-order valence-corrected chi connectivity index (χ3v) is 3.14. The van der Waals surface area contributed by atoms with Gasteiger partial charge in [0.15, 0.2) is 0 Å².